The number of pyridine rings is 1. The summed E-state index contributed by atoms with van der Waals surface area (Å²) in [5.41, 5.74) is 3.36. The van der Waals surface area contributed by atoms with E-state index < -0.39 is 5.81 Å². The van der Waals surface area contributed by atoms with Gasteiger partial charge in [0.25, 0.3) is 0 Å². The largest absolute Gasteiger partial charge is 0.380 e. The number of ether oxygens (including phenoxy) is 1. The minimum absolute atomic E-state index is 0.376. The van der Waals surface area contributed by atoms with E-state index in [1.54, 1.807) is 31.1 Å². The fraction of sp³-hybridized carbons (Fsp3) is 0.176. The van der Waals surface area contributed by atoms with Crippen LogP contribution < -0.4 is 0 Å². The second-order valence-electron chi connectivity index (χ2n) is 5.82. The highest BCUT2D eigenvalue weighted by atomic mass is 79.9. The number of fused-ring (bicyclic) bond motifs is 2. The van der Waals surface area contributed by atoms with Crippen LogP contribution in [0.4, 0.5) is 4.79 Å². The van der Waals surface area contributed by atoms with Gasteiger partial charge < -0.3 is 4.74 Å². The van der Waals surface area contributed by atoms with Crippen molar-refractivity contribution in [2.24, 2.45) is 7.05 Å². The molecule has 0 fully saturated rings. The van der Waals surface area contributed by atoms with Crippen molar-refractivity contribution in [1.82, 2.24) is 24.3 Å². The Morgan fingerprint density at radius 1 is 1.38 bits per heavy atom. The molecule has 2 radical (unpaired) electrons. The zero-order valence-electron chi connectivity index (χ0n) is 14.1. The average molecular weight is 410 g/mol. The van der Waals surface area contributed by atoms with Crippen molar-refractivity contribution in [2.75, 3.05) is 7.11 Å². The fourth-order valence-electron chi connectivity index (χ4n) is 3.09. The minimum atomic E-state index is -0.626. The third kappa shape index (κ3) is 2.55. The van der Waals surface area contributed by atoms with Gasteiger partial charge in [0.05, 0.1) is 23.0 Å². The molecule has 7 nitrogen and oxygen atoms in total. The van der Waals surface area contributed by atoms with E-state index in [2.05, 4.69) is 31.0 Å². The number of hydrogen-bond donors (Lipinski definition) is 0. The number of hydrogen-bond acceptors (Lipinski definition) is 5. The molecule has 0 aliphatic rings. The van der Waals surface area contributed by atoms with Crippen molar-refractivity contribution < 1.29 is 9.53 Å². The van der Waals surface area contributed by atoms with Crippen molar-refractivity contribution in [3.8, 4) is 11.5 Å². The number of para-hydroxylation sites is 1. The second kappa shape index (κ2) is 6.33. The van der Waals surface area contributed by atoms with E-state index in [-0.39, 0.29) is 0 Å². The van der Waals surface area contributed by atoms with Crippen molar-refractivity contribution in [2.45, 2.75) is 6.61 Å². The van der Waals surface area contributed by atoms with Crippen molar-refractivity contribution in [3.05, 3.63) is 40.5 Å². The molecular formula is C17H13BBrN5O2. The lowest BCUT2D eigenvalue weighted by molar-refractivity contribution is 0.186. The lowest BCUT2D eigenvalue weighted by atomic mass is 10.1. The van der Waals surface area contributed by atoms with Crippen molar-refractivity contribution in [3.63, 3.8) is 0 Å². The lowest BCUT2D eigenvalue weighted by Crippen LogP contribution is -2.10. The van der Waals surface area contributed by atoms with Gasteiger partial charge in [-0.3, -0.25) is 9.36 Å². The molecule has 0 bridgehead atoms. The Morgan fingerprint density at radius 2 is 2.19 bits per heavy atom. The van der Waals surface area contributed by atoms with Crippen molar-refractivity contribution >= 4 is 51.6 Å². The molecule has 4 aromatic rings. The van der Waals surface area contributed by atoms with Gasteiger partial charge in [0.2, 0.25) is 7.85 Å². The molecule has 0 aliphatic carbocycles. The molecule has 0 unspecified atom stereocenters. The van der Waals surface area contributed by atoms with Crippen LogP contribution in [0.2, 0.25) is 0 Å². The number of nitrogens with zero attached hydrogens (tertiary/aromatic N) is 5. The first-order valence-electron chi connectivity index (χ1n) is 7.79. The first-order chi connectivity index (χ1) is 12.5. The second-order valence-corrected chi connectivity index (χ2v) is 6.74. The van der Waals surface area contributed by atoms with Crippen LogP contribution in [-0.4, -0.2) is 45.1 Å². The summed E-state index contributed by atoms with van der Waals surface area (Å²) in [7, 11) is 9.06. The van der Waals surface area contributed by atoms with Crippen LogP contribution in [0, 0.1) is 0 Å². The molecule has 3 heterocycles. The number of aryl methyl sites for hydroxylation is 1. The molecule has 1 aromatic carbocycles. The van der Waals surface area contributed by atoms with E-state index in [0.29, 0.717) is 34.8 Å². The van der Waals surface area contributed by atoms with E-state index in [1.807, 2.05) is 18.2 Å². The number of halogens is 1. The van der Waals surface area contributed by atoms with E-state index >= 15 is 0 Å². The molecule has 0 N–H and O–H groups in total. The molecule has 0 saturated carbocycles. The molecule has 26 heavy (non-hydrogen) atoms. The van der Waals surface area contributed by atoms with Crippen LogP contribution in [-0.2, 0) is 18.4 Å². The normalized spacial score (nSPS) is 11.5. The van der Waals surface area contributed by atoms with E-state index in [1.165, 1.54) is 4.57 Å². The van der Waals surface area contributed by atoms with Gasteiger partial charge >= 0.3 is 0 Å². The van der Waals surface area contributed by atoms with Gasteiger partial charge in [0.15, 0.2) is 17.3 Å². The third-order valence-electron chi connectivity index (χ3n) is 4.15. The molecule has 0 atom stereocenters. The van der Waals surface area contributed by atoms with Gasteiger partial charge in [-0.2, -0.15) is 5.10 Å². The number of methoxy groups -OCH3 is 1. The highest BCUT2D eigenvalue weighted by molar-refractivity contribution is 9.10. The molecule has 0 spiro atoms. The fourth-order valence-corrected chi connectivity index (χ4v) is 3.42. The smallest absolute Gasteiger partial charge is 0.201 e. The Kier molecular flexibility index (Phi) is 4.12. The van der Waals surface area contributed by atoms with Gasteiger partial charge in [0, 0.05) is 30.4 Å². The number of aromatic nitrogens is 5. The van der Waals surface area contributed by atoms with Gasteiger partial charge in [-0.15, -0.1) is 0 Å². The maximum absolute atomic E-state index is 12.2. The molecular weight excluding hydrogens is 397 g/mol. The predicted molar refractivity (Wildman–Crippen MR) is 102 cm³/mol. The molecule has 4 rings (SSSR count). The standard InChI is InChI=1S/C17H13BBrN5O2/c1-23-15-11(6-10(19)7-20-15)14(22-23)16-21-13-9(8-26-2)4-3-5-12(13)24(16)17(18)25/h3-7H,8H2,1-2H3. The zero-order valence-corrected chi connectivity index (χ0v) is 15.7. The Morgan fingerprint density at radius 3 is 2.92 bits per heavy atom. The van der Waals surface area contributed by atoms with E-state index in [4.69, 9.17) is 12.6 Å². The molecule has 0 amide bonds. The first kappa shape index (κ1) is 16.9. The molecule has 3 aromatic heterocycles. The minimum Gasteiger partial charge on any atom is -0.380 e. The van der Waals surface area contributed by atoms with Crippen LogP contribution in [0.15, 0.2) is 34.9 Å². The summed E-state index contributed by atoms with van der Waals surface area (Å²) < 4.78 is 9.07. The third-order valence-corrected chi connectivity index (χ3v) is 4.58. The number of carbonyl (C=O) groups excluding carboxylic acids is 1. The first-order valence-corrected chi connectivity index (χ1v) is 8.58. The Labute approximate surface area is 158 Å². The summed E-state index contributed by atoms with van der Waals surface area (Å²) in [5, 5.41) is 5.30. The zero-order chi connectivity index (χ0) is 18.4. The quantitative estimate of drug-likeness (QED) is 0.486. The molecule has 0 saturated heterocycles. The molecule has 128 valence electrons. The Balaban J connectivity index is 2.09. The van der Waals surface area contributed by atoms with Gasteiger partial charge in [0.1, 0.15) is 5.69 Å². The van der Waals surface area contributed by atoms with Crippen LogP contribution in [0.5, 0.6) is 0 Å². The predicted octanol–water partition coefficient (Wildman–Crippen LogP) is 3.03. The van der Waals surface area contributed by atoms with Crippen LogP contribution in [0.25, 0.3) is 33.6 Å². The summed E-state index contributed by atoms with van der Waals surface area (Å²) in [6.07, 6.45) is 1.70. The summed E-state index contributed by atoms with van der Waals surface area (Å²) >= 11 is 3.43. The number of imidazole rings is 1. The number of benzene rings is 1. The van der Waals surface area contributed by atoms with E-state index in [0.717, 1.165) is 15.4 Å². The van der Waals surface area contributed by atoms with Crippen molar-refractivity contribution in [1.29, 1.82) is 0 Å². The summed E-state index contributed by atoms with van der Waals surface area (Å²) in [6, 6.07) is 7.44. The number of carbonyl (C=O) groups is 1. The van der Waals surface area contributed by atoms with E-state index in [9.17, 15) is 4.79 Å². The van der Waals surface area contributed by atoms with Gasteiger partial charge in [-0.25, -0.2) is 14.6 Å². The van der Waals surface area contributed by atoms with Crippen LogP contribution in [0.1, 0.15) is 5.56 Å². The maximum Gasteiger partial charge on any atom is 0.201 e. The number of rotatable bonds is 3. The summed E-state index contributed by atoms with van der Waals surface area (Å²) in [6.45, 7) is 0.378. The average Bonchev–Trinajstić information content (AvgIpc) is 3.14. The highest BCUT2D eigenvalue weighted by Crippen LogP contribution is 2.31. The SMILES string of the molecule is [B]C(=O)n1c(-c2nn(C)c3ncc(Br)cc23)nc2c(COC)cccc21. The maximum atomic E-state index is 12.2. The molecule has 9 heteroatoms. The Bertz CT molecular complexity index is 1170. The van der Waals surface area contributed by atoms with Gasteiger partial charge in [-0.1, -0.05) is 12.1 Å². The lowest BCUT2D eigenvalue weighted by Gasteiger charge is -2.04. The summed E-state index contributed by atoms with van der Waals surface area (Å²) in [5.74, 6) is -0.250. The monoisotopic (exact) mass is 409 g/mol. The van der Waals surface area contributed by atoms with Crippen LogP contribution in [0.3, 0.4) is 0 Å². The molecule has 0 aliphatic heterocycles. The summed E-state index contributed by atoms with van der Waals surface area (Å²) in [4.78, 5) is 21.3. The van der Waals surface area contributed by atoms with Crippen LogP contribution >= 0.6 is 15.9 Å². The Hall–Kier alpha value is -2.52. The highest BCUT2D eigenvalue weighted by Gasteiger charge is 2.22. The topological polar surface area (TPSA) is 74.8 Å². The van der Waals surface area contributed by atoms with Gasteiger partial charge in [-0.05, 0) is 28.1 Å².